The van der Waals surface area contributed by atoms with E-state index in [2.05, 4.69) is 15.5 Å². The number of carbonyl (C=O) groups excluding carboxylic acids is 1. The van der Waals surface area contributed by atoms with Crippen LogP contribution in [0.3, 0.4) is 0 Å². The molecule has 0 atom stereocenters. The molecule has 2 N–H and O–H groups in total. The van der Waals surface area contributed by atoms with Crippen LogP contribution < -0.4 is 5.32 Å². The van der Waals surface area contributed by atoms with Gasteiger partial charge in [0.15, 0.2) is 0 Å². The molecule has 0 aliphatic carbocycles. The number of halogens is 1. The van der Waals surface area contributed by atoms with E-state index in [1.54, 1.807) is 44.4 Å². The van der Waals surface area contributed by atoms with Crippen molar-refractivity contribution in [1.29, 1.82) is 0 Å². The van der Waals surface area contributed by atoms with Crippen LogP contribution in [0.25, 0.3) is 16.8 Å². The molecule has 1 aromatic heterocycles. The Labute approximate surface area is 169 Å². The summed E-state index contributed by atoms with van der Waals surface area (Å²) in [5.41, 5.74) is 1.93. The highest BCUT2D eigenvalue weighted by molar-refractivity contribution is 5.96. The van der Waals surface area contributed by atoms with Gasteiger partial charge in [-0.05, 0) is 55.3 Å². The van der Waals surface area contributed by atoms with E-state index in [9.17, 15) is 14.3 Å². The first kappa shape index (κ1) is 20.7. The van der Waals surface area contributed by atoms with E-state index in [0.29, 0.717) is 5.56 Å². The molecule has 0 radical (unpaired) electrons. The highest BCUT2D eigenvalue weighted by Gasteiger charge is 2.21. The lowest BCUT2D eigenvalue weighted by Crippen LogP contribution is -2.46. The molecule has 0 unspecified atom stereocenters. The summed E-state index contributed by atoms with van der Waals surface area (Å²) in [4.78, 5) is 12.9. The summed E-state index contributed by atoms with van der Waals surface area (Å²) in [5, 5.41) is 20.5. The van der Waals surface area contributed by atoms with Crippen molar-refractivity contribution in [2.24, 2.45) is 0 Å². The normalized spacial score (nSPS) is 11.7. The molecular formula is C22H25FN4O2. The van der Waals surface area contributed by atoms with Gasteiger partial charge in [-0.1, -0.05) is 26.0 Å². The Morgan fingerprint density at radius 1 is 1.17 bits per heavy atom. The van der Waals surface area contributed by atoms with Crippen LogP contribution in [0.2, 0.25) is 0 Å². The minimum atomic E-state index is -0.761. The second kappa shape index (κ2) is 8.13. The first-order valence-corrected chi connectivity index (χ1v) is 9.45. The third-order valence-electron chi connectivity index (χ3n) is 4.57. The number of aliphatic hydroxyl groups is 1. The minimum absolute atomic E-state index is 0.137. The van der Waals surface area contributed by atoms with Crippen LogP contribution in [-0.4, -0.2) is 37.9 Å². The third kappa shape index (κ3) is 4.68. The summed E-state index contributed by atoms with van der Waals surface area (Å²) in [6, 6.07) is 11.5. The first-order chi connectivity index (χ1) is 13.7. The molecule has 3 aromatic rings. The Kier molecular flexibility index (Phi) is 5.79. The molecule has 0 saturated heterocycles. The third-order valence-corrected chi connectivity index (χ3v) is 4.57. The highest BCUT2D eigenvalue weighted by atomic mass is 19.1. The van der Waals surface area contributed by atoms with Crippen LogP contribution >= 0.6 is 0 Å². The van der Waals surface area contributed by atoms with E-state index >= 15 is 0 Å². The van der Waals surface area contributed by atoms with Crippen molar-refractivity contribution in [3.63, 3.8) is 0 Å². The van der Waals surface area contributed by atoms with E-state index in [1.165, 1.54) is 12.1 Å². The van der Waals surface area contributed by atoms with Crippen molar-refractivity contribution in [2.45, 2.75) is 39.2 Å². The van der Waals surface area contributed by atoms with E-state index in [4.69, 9.17) is 0 Å². The molecule has 152 valence electrons. The molecule has 0 fully saturated rings. The predicted octanol–water partition coefficient (Wildman–Crippen LogP) is 3.70. The lowest BCUT2D eigenvalue weighted by atomic mass is 10.00. The van der Waals surface area contributed by atoms with Crippen molar-refractivity contribution in [3.8, 4) is 16.8 Å². The second-order valence-electron chi connectivity index (χ2n) is 7.99. The molecule has 0 aliphatic rings. The fraction of sp³-hybridized carbons (Fsp3) is 0.318. The van der Waals surface area contributed by atoms with E-state index < -0.39 is 5.54 Å². The first-order valence-electron chi connectivity index (χ1n) is 9.45. The number of carbonyl (C=O) groups is 1. The molecule has 0 aliphatic heterocycles. The Balaban J connectivity index is 2.13. The number of benzene rings is 2. The fourth-order valence-electron chi connectivity index (χ4n) is 2.95. The van der Waals surface area contributed by atoms with Crippen LogP contribution in [0.5, 0.6) is 0 Å². The standard InChI is InChI=1S/C22H25FN4O2/c1-14(2)20-26-24-13-27(20)19-10-16(15-5-7-18(23)8-6-15)9-17(11-19)21(29)25-22(3,4)12-28/h5-11,13-14,28H,12H2,1-4H3,(H,25,29). The molecule has 3 rings (SSSR count). The molecule has 0 saturated carbocycles. The van der Waals surface area contributed by atoms with Crippen LogP contribution in [0, 0.1) is 5.82 Å². The summed E-state index contributed by atoms with van der Waals surface area (Å²) >= 11 is 0. The van der Waals surface area contributed by atoms with Gasteiger partial charge in [-0.15, -0.1) is 10.2 Å². The average Bonchev–Trinajstić information content (AvgIpc) is 3.18. The maximum absolute atomic E-state index is 13.4. The molecule has 1 heterocycles. The zero-order valence-electron chi connectivity index (χ0n) is 17.0. The van der Waals surface area contributed by atoms with E-state index in [0.717, 1.165) is 22.6 Å². The van der Waals surface area contributed by atoms with E-state index in [1.807, 2.05) is 24.5 Å². The average molecular weight is 396 g/mol. The zero-order valence-corrected chi connectivity index (χ0v) is 17.0. The smallest absolute Gasteiger partial charge is 0.251 e. The number of nitrogens with zero attached hydrogens (tertiary/aromatic N) is 3. The molecule has 6 nitrogen and oxygen atoms in total. The molecule has 1 amide bonds. The summed E-state index contributed by atoms with van der Waals surface area (Å²) in [7, 11) is 0. The molecule has 7 heteroatoms. The van der Waals surface area contributed by atoms with Gasteiger partial charge in [-0.25, -0.2) is 4.39 Å². The zero-order chi connectivity index (χ0) is 21.2. The van der Waals surface area contributed by atoms with Gasteiger partial charge in [0.2, 0.25) is 0 Å². The van der Waals surface area contributed by atoms with E-state index in [-0.39, 0.29) is 24.2 Å². The van der Waals surface area contributed by atoms with Crippen molar-refractivity contribution in [1.82, 2.24) is 20.1 Å². The second-order valence-corrected chi connectivity index (χ2v) is 7.99. The number of aliphatic hydroxyl groups excluding tert-OH is 1. The molecule has 0 bridgehead atoms. The number of hydrogen-bond donors (Lipinski definition) is 2. The maximum atomic E-state index is 13.4. The van der Waals surface area contributed by atoms with Gasteiger partial charge in [0.1, 0.15) is 18.0 Å². The van der Waals surface area contributed by atoms with Gasteiger partial charge in [0.25, 0.3) is 5.91 Å². The number of hydrogen-bond acceptors (Lipinski definition) is 4. The van der Waals surface area contributed by atoms with Crippen LogP contribution in [0.15, 0.2) is 48.8 Å². The summed E-state index contributed by atoms with van der Waals surface area (Å²) in [6.07, 6.45) is 1.61. The van der Waals surface area contributed by atoms with Gasteiger partial charge < -0.3 is 10.4 Å². The Bertz CT molecular complexity index is 1010. The number of aromatic nitrogens is 3. The summed E-state index contributed by atoms with van der Waals surface area (Å²) in [6.45, 7) is 7.33. The van der Waals surface area contributed by atoms with Gasteiger partial charge in [0.05, 0.1) is 12.1 Å². The predicted molar refractivity (Wildman–Crippen MR) is 109 cm³/mol. The fourth-order valence-corrected chi connectivity index (χ4v) is 2.95. The molecule has 0 spiro atoms. The van der Waals surface area contributed by atoms with Crippen LogP contribution in [0.4, 0.5) is 4.39 Å². The lowest BCUT2D eigenvalue weighted by molar-refractivity contribution is 0.0869. The van der Waals surface area contributed by atoms with Crippen LogP contribution in [0.1, 0.15) is 49.8 Å². The van der Waals surface area contributed by atoms with Gasteiger partial charge in [-0.2, -0.15) is 0 Å². The SMILES string of the molecule is CC(C)c1nncn1-c1cc(C(=O)NC(C)(C)CO)cc(-c2ccc(F)cc2)c1. The Morgan fingerprint density at radius 2 is 1.86 bits per heavy atom. The number of rotatable bonds is 6. The quantitative estimate of drug-likeness (QED) is 0.666. The van der Waals surface area contributed by atoms with Gasteiger partial charge in [0, 0.05) is 17.2 Å². The monoisotopic (exact) mass is 396 g/mol. The van der Waals surface area contributed by atoms with Crippen molar-refractivity contribution < 1.29 is 14.3 Å². The van der Waals surface area contributed by atoms with Gasteiger partial charge >= 0.3 is 0 Å². The Hall–Kier alpha value is -3.06. The molecular weight excluding hydrogens is 371 g/mol. The van der Waals surface area contributed by atoms with Crippen molar-refractivity contribution in [3.05, 3.63) is 66.0 Å². The largest absolute Gasteiger partial charge is 0.394 e. The summed E-state index contributed by atoms with van der Waals surface area (Å²) < 4.78 is 15.2. The number of nitrogens with one attached hydrogen (secondary N) is 1. The topological polar surface area (TPSA) is 80.0 Å². The minimum Gasteiger partial charge on any atom is -0.394 e. The molecule has 2 aromatic carbocycles. The van der Waals surface area contributed by atoms with Crippen molar-refractivity contribution >= 4 is 5.91 Å². The number of amides is 1. The molecule has 29 heavy (non-hydrogen) atoms. The lowest BCUT2D eigenvalue weighted by Gasteiger charge is -2.24. The Morgan fingerprint density at radius 3 is 2.48 bits per heavy atom. The highest BCUT2D eigenvalue weighted by Crippen LogP contribution is 2.26. The van der Waals surface area contributed by atoms with Crippen molar-refractivity contribution in [2.75, 3.05) is 6.61 Å². The van der Waals surface area contributed by atoms with Gasteiger partial charge in [-0.3, -0.25) is 9.36 Å². The summed E-state index contributed by atoms with van der Waals surface area (Å²) in [5.74, 6) is 0.266. The van der Waals surface area contributed by atoms with Crippen LogP contribution in [-0.2, 0) is 0 Å². The maximum Gasteiger partial charge on any atom is 0.251 e.